The molecule has 188 valence electrons. The number of benzene rings is 2. The fourth-order valence-electron chi connectivity index (χ4n) is 4.24. The quantitative estimate of drug-likeness (QED) is 0.538. The second-order valence-electron chi connectivity index (χ2n) is 8.85. The number of halogens is 2. The average Bonchev–Trinajstić information content (AvgIpc) is 3.70. The van der Waals surface area contributed by atoms with Gasteiger partial charge in [-0.15, -0.1) is 0 Å². The molecule has 2 aromatic carbocycles. The Labute approximate surface area is 207 Å². The Morgan fingerprint density at radius 3 is 2.31 bits per heavy atom. The van der Waals surface area contributed by atoms with Gasteiger partial charge in [-0.25, -0.2) is 22.2 Å². The maximum absolute atomic E-state index is 14.5. The van der Waals surface area contributed by atoms with E-state index in [1.165, 1.54) is 52.6 Å². The van der Waals surface area contributed by atoms with Crippen LogP contribution in [0.1, 0.15) is 24.4 Å². The Morgan fingerprint density at radius 1 is 1.06 bits per heavy atom. The maximum Gasteiger partial charge on any atom is 0.254 e. The van der Waals surface area contributed by atoms with Crippen LogP contribution < -0.4 is 15.1 Å². The molecule has 0 radical (unpaired) electrons. The third kappa shape index (κ3) is 4.05. The smallest absolute Gasteiger partial charge is 0.254 e. The van der Waals surface area contributed by atoms with Crippen molar-refractivity contribution in [1.82, 2.24) is 14.3 Å². The molecule has 1 saturated carbocycles. The number of hydrogen-bond acceptors (Lipinski definition) is 7. The van der Waals surface area contributed by atoms with Gasteiger partial charge in [0.2, 0.25) is 16.0 Å². The Hall–Kier alpha value is -3.64. The predicted octanol–water partition coefficient (Wildman–Crippen LogP) is 3.44. The van der Waals surface area contributed by atoms with Gasteiger partial charge in [0.25, 0.3) is 5.91 Å². The molecule has 5 rings (SSSR count). The molecule has 1 aliphatic heterocycles. The van der Waals surface area contributed by atoms with E-state index in [2.05, 4.69) is 15.3 Å². The molecule has 1 N–H and O–H groups in total. The summed E-state index contributed by atoms with van der Waals surface area (Å²) in [4.78, 5) is 24.6. The highest BCUT2D eigenvalue weighted by Gasteiger charge is 2.40. The Balaban J connectivity index is 1.42. The van der Waals surface area contributed by atoms with Crippen LogP contribution in [-0.2, 0) is 14.8 Å². The van der Waals surface area contributed by atoms with Crippen molar-refractivity contribution < 1.29 is 22.0 Å². The lowest BCUT2D eigenvalue weighted by Crippen LogP contribution is -2.46. The van der Waals surface area contributed by atoms with Gasteiger partial charge in [0, 0.05) is 32.9 Å². The van der Waals surface area contributed by atoms with Crippen LogP contribution in [0.5, 0.6) is 0 Å². The van der Waals surface area contributed by atoms with Crippen LogP contribution >= 0.6 is 0 Å². The normalized spacial score (nSPS) is 17.9. The molecule has 1 atom stereocenters. The SMILES string of the molecule is CN1C(=O)C(c2c(F)cccc2F)N(C)c2nc(Nc3ccc(S(=O)(=O)N(C)C4CC4)cc3)ncc21. The predicted molar refractivity (Wildman–Crippen MR) is 131 cm³/mol. The molecule has 1 fully saturated rings. The van der Waals surface area contributed by atoms with Gasteiger partial charge in [0.15, 0.2) is 5.82 Å². The molecule has 2 heterocycles. The molecular weight excluding hydrogens is 490 g/mol. The Morgan fingerprint density at radius 2 is 1.69 bits per heavy atom. The van der Waals surface area contributed by atoms with Crippen molar-refractivity contribution >= 4 is 39.1 Å². The van der Waals surface area contributed by atoms with Crippen LogP contribution in [0.3, 0.4) is 0 Å². The van der Waals surface area contributed by atoms with Gasteiger partial charge in [-0.05, 0) is 49.2 Å². The summed E-state index contributed by atoms with van der Waals surface area (Å²) in [5.74, 6) is -1.71. The minimum absolute atomic E-state index is 0.0559. The molecule has 36 heavy (non-hydrogen) atoms. The lowest BCUT2D eigenvalue weighted by molar-refractivity contribution is -0.120. The molecular formula is C24H24F2N6O3S. The summed E-state index contributed by atoms with van der Waals surface area (Å²) in [7, 11) is 1.04. The first-order valence-electron chi connectivity index (χ1n) is 11.3. The van der Waals surface area contributed by atoms with Crippen LogP contribution in [-0.4, -0.2) is 55.8 Å². The summed E-state index contributed by atoms with van der Waals surface area (Å²) >= 11 is 0. The number of hydrogen-bond donors (Lipinski definition) is 1. The fraction of sp³-hybridized carbons (Fsp3) is 0.292. The van der Waals surface area contributed by atoms with E-state index in [4.69, 9.17) is 0 Å². The van der Waals surface area contributed by atoms with Gasteiger partial charge in [-0.3, -0.25) is 4.79 Å². The van der Waals surface area contributed by atoms with Gasteiger partial charge in [0.05, 0.1) is 16.7 Å². The van der Waals surface area contributed by atoms with Crippen molar-refractivity contribution in [3.8, 4) is 0 Å². The molecule has 2 aliphatic rings. The number of likely N-dealkylation sites (N-methyl/N-ethyl adjacent to an activating group) is 2. The lowest BCUT2D eigenvalue weighted by Gasteiger charge is -2.38. The number of aromatic nitrogens is 2. The minimum atomic E-state index is -3.57. The summed E-state index contributed by atoms with van der Waals surface area (Å²) in [5.41, 5.74) is 0.566. The summed E-state index contributed by atoms with van der Waals surface area (Å²) in [6.07, 6.45) is 3.17. The molecule has 1 amide bonds. The first kappa shape index (κ1) is 24.1. The summed E-state index contributed by atoms with van der Waals surface area (Å²) in [6.45, 7) is 0. The zero-order chi connectivity index (χ0) is 25.8. The highest BCUT2D eigenvalue weighted by molar-refractivity contribution is 7.89. The number of anilines is 4. The van der Waals surface area contributed by atoms with E-state index in [0.717, 1.165) is 25.0 Å². The van der Waals surface area contributed by atoms with E-state index in [9.17, 15) is 22.0 Å². The number of carbonyl (C=O) groups is 1. The number of nitrogens with zero attached hydrogens (tertiary/aromatic N) is 5. The number of amides is 1. The van der Waals surface area contributed by atoms with Crippen molar-refractivity contribution in [2.75, 3.05) is 36.3 Å². The topological polar surface area (TPSA) is 98.7 Å². The Bertz CT molecular complexity index is 1430. The van der Waals surface area contributed by atoms with Crippen molar-refractivity contribution in [3.63, 3.8) is 0 Å². The number of nitrogens with one attached hydrogen (secondary N) is 1. The van der Waals surface area contributed by atoms with Gasteiger partial charge >= 0.3 is 0 Å². The lowest BCUT2D eigenvalue weighted by atomic mass is 10.0. The van der Waals surface area contributed by atoms with Crippen molar-refractivity contribution in [3.05, 3.63) is 65.9 Å². The summed E-state index contributed by atoms with van der Waals surface area (Å²) < 4.78 is 55.9. The molecule has 1 aromatic heterocycles. The van der Waals surface area contributed by atoms with Gasteiger partial charge in [0.1, 0.15) is 23.4 Å². The van der Waals surface area contributed by atoms with Gasteiger partial charge in [-0.2, -0.15) is 9.29 Å². The van der Waals surface area contributed by atoms with Crippen LogP contribution in [0.15, 0.2) is 53.6 Å². The monoisotopic (exact) mass is 514 g/mol. The minimum Gasteiger partial charge on any atom is -0.342 e. The van der Waals surface area contributed by atoms with Crippen molar-refractivity contribution in [2.45, 2.75) is 29.8 Å². The standard InChI is InChI=1S/C24H24F2N6O3S/c1-30-19-13-27-24(28-14-7-11-16(12-8-14)36(34,35)32(3)15-9-10-15)29-22(19)31(2)21(23(30)33)20-17(25)5-4-6-18(20)26/h4-8,11-13,15,21H,9-10H2,1-3H3,(H,27,28,29). The fourth-order valence-corrected chi connectivity index (χ4v) is 5.66. The van der Waals surface area contributed by atoms with Crippen LogP contribution in [0.4, 0.5) is 31.9 Å². The molecule has 12 heteroatoms. The van der Waals surface area contributed by atoms with Gasteiger partial charge < -0.3 is 15.1 Å². The van der Waals surface area contributed by atoms with E-state index >= 15 is 0 Å². The average molecular weight is 515 g/mol. The first-order valence-corrected chi connectivity index (χ1v) is 12.7. The number of carbonyl (C=O) groups excluding carboxylic acids is 1. The summed E-state index contributed by atoms with van der Waals surface area (Å²) in [5, 5.41) is 3.01. The van der Waals surface area contributed by atoms with E-state index in [1.54, 1.807) is 19.2 Å². The van der Waals surface area contributed by atoms with Crippen LogP contribution in [0, 0.1) is 11.6 Å². The van der Waals surface area contributed by atoms with Gasteiger partial charge in [-0.1, -0.05) is 6.07 Å². The molecule has 0 saturated heterocycles. The van der Waals surface area contributed by atoms with E-state index in [0.29, 0.717) is 17.2 Å². The van der Waals surface area contributed by atoms with E-state index in [-0.39, 0.29) is 22.4 Å². The molecule has 3 aromatic rings. The van der Waals surface area contributed by atoms with Crippen LogP contribution in [0.25, 0.3) is 0 Å². The number of fused-ring (bicyclic) bond motifs is 1. The highest BCUT2D eigenvalue weighted by atomic mass is 32.2. The maximum atomic E-state index is 14.5. The molecule has 1 unspecified atom stereocenters. The molecule has 0 bridgehead atoms. The largest absolute Gasteiger partial charge is 0.342 e. The number of rotatable bonds is 6. The number of sulfonamides is 1. The second kappa shape index (κ2) is 8.79. The van der Waals surface area contributed by atoms with E-state index < -0.39 is 33.6 Å². The summed E-state index contributed by atoms with van der Waals surface area (Å²) in [6, 6.07) is 8.47. The third-order valence-electron chi connectivity index (χ3n) is 6.52. The van der Waals surface area contributed by atoms with Crippen LogP contribution in [0.2, 0.25) is 0 Å². The molecule has 1 aliphatic carbocycles. The molecule has 0 spiro atoms. The third-order valence-corrected chi connectivity index (χ3v) is 8.44. The zero-order valence-electron chi connectivity index (χ0n) is 19.8. The Kier molecular flexibility index (Phi) is 5.87. The van der Waals surface area contributed by atoms with E-state index in [1.807, 2.05) is 0 Å². The second-order valence-corrected chi connectivity index (χ2v) is 10.8. The highest BCUT2D eigenvalue weighted by Crippen LogP contribution is 2.40. The molecule has 9 nitrogen and oxygen atoms in total. The van der Waals surface area contributed by atoms with Crippen molar-refractivity contribution in [1.29, 1.82) is 0 Å². The first-order chi connectivity index (χ1) is 17.1. The van der Waals surface area contributed by atoms with Crippen molar-refractivity contribution in [2.24, 2.45) is 0 Å². The zero-order valence-corrected chi connectivity index (χ0v) is 20.6.